The van der Waals surface area contributed by atoms with Crippen molar-refractivity contribution in [2.45, 2.75) is 25.7 Å². The second-order valence-corrected chi connectivity index (χ2v) is 3.13. The maximum absolute atomic E-state index is 10.3. The van der Waals surface area contributed by atoms with Crippen molar-refractivity contribution in [3.63, 3.8) is 0 Å². The lowest BCUT2D eigenvalue weighted by Gasteiger charge is -2.07. The molecule has 1 fully saturated rings. The molecular formula is C8H15NO2. The zero-order chi connectivity index (χ0) is 8.10. The van der Waals surface area contributed by atoms with Crippen LogP contribution >= 0.6 is 0 Å². The highest BCUT2D eigenvalue weighted by Gasteiger charge is 2.14. The number of ether oxygens (including phenoxy) is 1. The molecule has 11 heavy (non-hydrogen) atoms. The predicted molar refractivity (Wildman–Crippen MR) is 42.0 cm³/mol. The molecule has 0 aromatic carbocycles. The van der Waals surface area contributed by atoms with Crippen LogP contribution in [-0.2, 0) is 9.53 Å². The van der Waals surface area contributed by atoms with Crippen LogP contribution in [0.3, 0.4) is 0 Å². The van der Waals surface area contributed by atoms with Crippen LogP contribution in [0.4, 0.5) is 0 Å². The van der Waals surface area contributed by atoms with Gasteiger partial charge in [0.25, 0.3) is 0 Å². The molecule has 0 aromatic heterocycles. The fraction of sp³-hybridized carbons (Fsp3) is 0.875. The van der Waals surface area contributed by atoms with Gasteiger partial charge in [-0.2, -0.15) is 0 Å². The summed E-state index contributed by atoms with van der Waals surface area (Å²) in [5.41, 5.74) is 4.91. The van der Waals surface area contributed by atoms with E-state index in [1.54, 1.807) is 0 Å². The molecule has 0 saturated heterocycles. The number of nitrogens with two attached hydrogens (primary N) is 1. The molecule has 1 amide bonds. The van der Waals surface area contributed by atoms with Gasteiger partial charge in [-0.1, -0.05) is 12.8 Å². The normalized spacial score (nSPS) is 18.9. The van der Waals surface area contributed by atoms with Gasteiger partial charge >= 0.3 is 0 Å². The van der Waals surface area contributed by atoms with Crippen LogP contribution in [0.5, 0.6) is 0 Å². The fourth-order valence-electron chi connectivity index (χ4n) is 1.50. The van der Waals surface area contributed by atoms with Crippen molar-refractivity contribution < 1.29 is 9.53 Å². The SMILES string of the molecule is NC(=O)COCC1CCCC1. The molecule has 0 aliphatic heterocycles. The number of hydrogen-bond donors (Lipinski definition) is 1. The zero-order valence-corrected chi connectivity index (χ0v) is 6.71. The van der Waals surface area contributed by atoms with Crippen LogP contribution in [0.2, 0.25) is 0 Å². The first kappa shape index (κ1) is 8.53. The molecule has 0 unspecified atom stereocenters. The Morgan fingerprint density at radius 2 is 2.09 bits per heavy atom. The van der Waals surface area contributed by atoms with Crippen LogP contribution in [0.15, 0.2) is 0 Å². The first-order chi connectivity index (χ1) is 5.29. The number of primary amides is 1. The summed E-state index contributed by atoms with van der Waals surface area (Å²) in [6.07, 6.45) is 5.12. The van der Waals surface area contributed by atoms with E-state index in [0.29, 0.717) is 12.5 Å². The van der Waals surface area contributed by atoms with Gasteiger partial charge in [0, 0.05) is 0 Å². The van der Waals surface area contributed by atoms with Crippen molar-refractivity contribution >= 4 is 5.91 Å². The van der Waals surface area contributed by atoms with E-state index in [1.165, 1.54) is 25.7 Å². The smallest absolute Gasteiger partial charge is 0.243 e. The summed E-state index contributed by atoms with van der Waals surface area (Å²) in [6.45, 7) is 0.791. The highest BCUT2D eigenvalue weighted by Crippen LogP contribution is 2.24. The molecular weight excluding hydrogens is 142 g/mol. The molecule has 3 heteroatoms. The standard InChI is InChI=1S/C8H15NO2/c9-8(10)6-11-5-7-3-1-2-4-7/h7H,1-6H2,(H2,9,10). The zero-order valence-electron chi connectivity index (χ0n) is 6.71. The maximum Gasteiger partial charge on any atom is 0.243 e. The van der Waals surface area contributed by atoms with Crippen molar-refractivity contribution in [3.8, 4) is 0 Å². The Balaban J connectivity index is 1.98. The summed E-state index contributed by atoms with van der Waals surface area (Å²) >= 11 is 0. The summed E-state index contributed by atoms with van der Waals surface area (Å²) in [5.74, 6) is 0.303. The van der Waals surface area contributed by atoms with Gasteiger partial charge in [-0.05, 0) is 18.8 Å². The molecule has 1 aliphatic rings. The lowest BCUT2D eigenvalue weighted by molar-refractivity contribution is -0.122. The van der Waals surface area contributed by atoms with Gasteiger partial charge in [0.15, 0.2) is 0 Å². The van der Waals surface area contributed by atoms with Gasteiger partial charge in [-0.15, -0.1) is 0 Å². The predicted octanol–water partition coefficient (Wildman–Crippen LogP) is 0.678. The Kier molecular flexibility index (Phi) is 3.36. The average molecular weight is 157 g/mol. The quantitative estimate of drug-likeness (QED) is 0.652. The molecule has 3 nitrogen and oxygen atoms in total. The van der Waals surface area contributed by atoms with Gasteiger partial charge in [0.1, 0.15) is 6.61 Å². The molecule has 1 saturated carbocycles. The third kappa shape index (κ3) is 3.37. The molecule has 64 valence electrons. The summed E-state index contributed by atoms with van der Waals surface area (Å²) in [7, 11) is 0. The van der Waals surface area contributed by atoms with Gasteiger partial charge in [-0.25, -0.2) is 0 Å². The number of amides is 1. The minimum absolute atomic E-state index is 0.0799. The molecule has 1 rings (SSSR count). The van der Waals surface area contributed by atoms with Crippen LogP contribution in [-0.4, -0.2) is 19.1 Å². The van der Waals surface area contributed by atoms with Crippen molar-refractivity contribution in [1.82, 2.24) is 0 Å². The Hall–Kier alpha value is -0.570. The monoisotopic (exact) mass is 157 g/mol. The van der Waals surface area contributed by atoms with E-state index >= 15 is 0 Å². The third-order valence-electron chi connectivity index (χ3n) is 2.07. The number of carbonyl (C=O) groups is 1. The van der Waals surface area contributed by atoms with E-state index in [9.17, 15) is 4.79 Å². The molecule has 0 spiro atoms. The van der Waals surface area contributed by atoms with Crippen molar-refractivity contribution in [1.29, 1.82) is 0 Å². The van der Waals surface area contributed by atoms with Crippen molar-refractivity contribution in [3.05, 3.63) is 0 Å². The maximum atomic E-state index is 10.3. The van der Waals surface area contributed by atoms with Gasteiger partial charge in [0.2, 0.25) is 5.91 Å². The lowest BCUT2D eigenvalue weighted by Crippen LogP contribution is -2.20. The fourth-order valence-corrected chi connectivity index (χ4v) is 1.50. The lowest BCUT2D eigenvalue weighted by atomic mass is 10.1. The number of rotatable bonds is 4. The molecule has 1 aliphatic carbocycles. The van der Waals surface area contributed by atoms with E-state index in [-0.39, 0.29) is 12.5 Å². The Morgan fingerprint density at radius 1 is 1.45 bits per heavy atom. The molecule has 0 bridgehead atoms. The largest absolute Gasteiger partial charge is 0.371 e. The topological polar surface area (TPSA) is 52.3 Å². The van der Waals surface area contributed by atoms with E-state index < -0.39 is 0 Å². The Bertz CT molecular complexity index is 130. The summed E-state index contributed by atoms with van der Waals surface area (Å²) in [4.78, 5) is 10.3. The second kappa shape index (κ2) is 4.34. The third-order valence-corrected chi connectivity index (χ3v) is 2.07. The molecule has 0 atom stereocenters. The molecule has 2 N–H and O–H groups in total. The summed E-state index contributed by atoms with van der Waals surface area (Å²) < 4.78 is 5.10. The highest BCUT2D eigenvalue weighted by molar-refractivity contribution is 5.74. The van der Waals surface area contributed by atoms with Crippen LogP contribution in [0, 0.1) is 5.92 Å². The summed E-state index contributed by atoms with van der Waals surface area (Å²) in [5, 5.41) is 0. The summed E-state index contributed by atoms with van der Waals surface area (Å²) in [6, 6.07) is 0. The van der Waals surface area contributed by atoms with Gasteiger partial charge < -0.3 is 10.5 Å². The Labute approximate surface area is 66.9 Å². The highest BCUT2D eigenvalue weighted by atomic mass is 16.5. The first-order valence-corrected chi connectivity index (χ1v) is 4.15. The first-order valence-electron chi connectivity index (χ1n) is 4.15. The molecule has 0 aromatic rings. The second-order valence-electron chi connectivity index (χ2n) is 3.13. The van der Waals surface area contributed by atoms with Gasteiger partial charge in [0.05, 0.1) is 6.61 Å². The number of carbonyl (C=O) groups excluding carboxylic acids is 1. The van der Waals surface area contributed by atoms with Crippen LogP contribution < -0.4 is 5.73 Å². The number of hydrogen-bond acceptors (Lipinski definition) is 2. The van der Waals surface area contributed by atoms with Gasteiger partial charge in [-0.3, -0.25) is 4.79 Å². The molecule has 0 radical (unpaired) electrons. The Morgan fingerprint density at radius 3 is 2.64 bits per heavy atom. The minimum Gasteiger partial charge on any atom is -0.371 e. The van der Waals surface area contributed by atoms with Crippen LogP contribution in [0.1, 0.15) is 25.7 Å². The van der Waals surface area contributed by atoms with E-state index in [1.807, 2.05) is 0 Å². The van der Waals surface area contributed by atoms with Crippen molar-refractivity contribution in [2.24, 2.45) is 11.7 Å². The molecule has 0 heterocycles. The van der Waals surface area contributed by atoms with Crippen molar-refractivity contribution in [2.75, 3.05) is 13.2 Å². The van der Waals surface area contributed by atoms with Crippen LogP contribution in [0.25, 0.3) is 0 Å². The minimum atomic E-state index is -0.372. The van der Waals surface area contributed by atoms with E-state index in [0.717, 1.165) is 0 Å². The van der Waals surface area contributed by atoms with E-state index in [2.05, 4.69) is 0 Å². The average Bonchev–Trinajstić information content (AvgIpc) is 2.39. The van der Waals surface area contributed by atoms with E-state index in [4.69, 9.17) is 10.5 Å².